The Hall–Kier alpha value is -1.09. The third-order valence-corrected chi connectivity index (χ3v) is 3.77. The van der Waals surface area contributed by atoms with Crippen molar-refractivity contribution in [2.45, 2.75) is 25.7 Å². The lowest BCUT2D eigenvalue weighted by Crippen LogP contribution is -2.07. The second-order valence-electron chi connectivity index (χ2n) is 4.17. The molecule has 2 aromatic rings. The molecule has 0 fully saturated rings. The molecule has 0 atom stereocenters. The fourth-order valence-corrected chi connectivity index (χ4v) is 2.92. The average molecular weight is 277 g/mol. The van der Waals surface area contributed by atoms with Crippen molar-refractivity contribution in [3.8, 4) is 5.69 Å². The second-order valence-corrected chi connectivity index (χ2v) is 4.92. The molecule has 16 heavy (non-hydrogen) atoms. The van der Waals surface area contributed by atoms with E-state index in [1.54, 1.807) is 0 Å². The van der Waals surface area contributed by atoms with Gasteiger partial charge < -0.3 is 0 Å². The number of aromatic nitrogens is 2. The molecule has 1 aromatic heterocycles. The summed E-state index contributed by atoms with van der Waals surface area (Å²) < 4.78 is 3.10. The molecule has 1 heterocycles. The molecule has 3 heteroatoms. The highest BCUT2D eigenvalue weighted by Crippen LogP contribution is 2.29. The van der Waals surface area contributed by atoms with Crippen LogP contribution in [0.4, 0.5) is 0 Å². The van der Waals surface area contributed by atoms with Crippen molar-refractivity contribution in [2.75, 3.05) is 0 Å². The SMILES string of the molecule is Brc1nn(-c2ccccc2)c2c1CCCC2. The third-order valence-electron chi connectivity index (χ3n) is 3.13. The van der Waals surface area contributed by atoms with Crippen LogP contribution in [-0.2, 0) is 12.8 Å². The summed E-state index contributed by atoms with van der Waals surface area (Å²) in [5.41, 5.74) is 3.94. The standard InChI is InChI=1S/C13H13BrN2/c14-13-11-8-4-5-9-12(11)16(15-13)10-6-2-1-3-7-10/h1-3,6-7H,4-5,8-9H2. The van der Waals surface area contributed by atoms with Crippen LogP contribution >= 0.6 is 15.9 Å². The highest BCUT2D eigenvalue weighted by atomic mass is 79.9. The Morgan fingerprint density at radius 2 is 1.81 bits per heavy atom. The fourth-order valence-electron chi connectivity index (χ4n) is 2.34. The Bertz CT molecular complexity index is 502. The van der Waals surface area contributed by atoms with E-state index in [1.165, 1.54) is 24.1 Å². The molecule has 1 aromatic carbocycles. The van der Waals surface area contributed by atoms with E-state index in [4.69, 9.17) is 0 Å². The molecule has 0 bridgehead atoms. The molecule has 1 aliphatic rings. The van der Waals surface area contributed by atoms with Crippen molar-refractivity contribution in [1.29, 1.82) is 0 Å². The van der Waals surface area contributed by atoms with Gasteiger partial charge in [0.1, 0.15) is 4.60 Å². The summed E-state index contributed by atoms with van der Waals surface area (Å²) in [4.78, 5) is 0. The van der Waals surface area contributed by atoms with Gasteiger partial charge in [-0.1, -0.05) is 18.2 Å². The fraction of sp³-hybridized carbons (Fsp3) is 0.308. The van der Waals surface area contributed by atoms with Gasteiger partial charge in [0.15, 0.2) is 0 Å². The van der Waals surface area contributed by atoms with Crippen LogP contribution in [0.3, 0.4) is 0 Å². The van der Waals surface area contributed by atoms with E-state index in [-0.39, 0.29) is 0 Å². The summed E-state index contributed by atoms with van der Waals surface area (Å²) >= 11 is 3.57. The van der Waals surface area contributed by atoms with Gasteiger partial charge in [-0.3, -0.25) is 0 Å². The third kappa shape index (κ3) is 1.59. The Balaban J connectivity index is 2.15. The summed E-state index contributed by atoms with van der Waals surface area (Å²) in [5.74, 6) is 0. The number of benzene rings is 1. The zero-order valence-corrected chi connectivity index (χ0v) is 10.6. The molecule has 0 aliphatic heterocycles. The number of fused-ring (bicyclic) bond motifs is 1. The maximum absolute atomic E-state index is 4.60. The van der Waals surface area contributed by atoms with Crippen LogP contribution < -0.4 is 0 Å². The first kappa shape index (κ1) is 10.1. The molecular weight excluding hydrogens is 264 g/mol. The molecule has 0 N–H and O–H groups in total. The van der Waals surface area contributed by atoms with Crippen molar-refractivity contribution in [3.63, 3.8) is 0 Å². The van der Waals surface area contributed by atoms with Crippen LogP contribution in [0, 0.1) is 0 Å². The van der Waals surface area contributed by atoms with E-state index in [2.05, 4.69) is 50.0 Å². The van der Waals surface area contributed by atoms with E-state index >= 15 is 0 Å². The van der Waals surface area contributed by atoms with Gasteiger partial charge >= 0.3 is 0 Å². The quantitative estimate of drug-likeness (QED) is 0.780. The van der Waals surface area contributed by atoms with Gasteiger partial charge in [-0.25, -0.2) is 4.68 Å². The van der Waals surface area contributed by atoms with E-state index in [0.717, 1.165) is 23.1 Å². The molecule has 3 rings (SSSR count). The number of rotatable bonds is 1. The largest absolute Gasteiger partial charge is 0.236 e. The predicted octanol–water partition coefficient (Wildman–Crippen LogP) is 3.51. The summed E-state index contributed by atoms with van der Waals surface area (Å²) in [7, 11) is 0. The second kappa shape index (κ2) is 4.06. The van der Waals surface area contributed by atoms with E-state index < -0.39 is 0 Å². The average Bonchev–Trinajstić information content (AvgIpc) is 2.69. The van der Waals surface area contributed by atoms with Crippen molar-refractivity contribution in [1.82, 2.24) is 9.78 Å². The zero-order valence-electron chi connectivity index (χ0n) is 8.99. The number of para-hydroxylation sites is 1. The minimum atomic E-state index is 1.02. The summed E-state index contributed by atoms with van der Waals surface area (Å²) in [5, 5.41) is 4.60. The van der Waals surface area contributed by atoms with Crippen LogP contribution in [0.1, 0.15) is 24.1 Å². The number of nitrogens with zero attached hydrogens (tertiary/aromatic N) is 2. The van der Waals surface area contributed by atoms with Gasteiger partial charge in [0.2, 0.25) is 0 Å². The zero-order chi connectivity index (χ0) is 11.0. The molecule has 82 valence electrons. The van der Waals surface area contributed by atoms with Gasteiger partial charge in [0.05, 0.1) is 5.69 Å². The summed E-state index contributed by atoms with van der Waals surface area (Å²) in [6.07, 6.45) is 4.86. The van der Waals surface area contributed by atoms with Crippen LogP contribution in [0.25, 0.3) is 5.69 Å². The smallest absolute Gasteiger partial charge is 0.132 e. The van der Waals surface area contributed by atoms with Crippen LogP contribution in [-0.4, -0.2) is 9.78 Å². The van der Waals surface area contributed by atoms with Gasteiger partial charge in [0.25, 0.3) is 0 Å². The number of hydrogen-bond donors (Lipinski definition) is 0. The first-order valence-corrected chi connectivity index (χ1v) is 6.47. The number of halogens is 1. The van der Waals surface area contributed by atoms with E-state index in [1.807, 2.05) is 6.07 Å². The van der Waals surface area contributed by atoms with Gasteiger partial charge in [-0.2, -0.15) is 5.10 Å². The van der Waals surface area contributed by atoms with Crippen molar-refractivity contribution in [3.05, 3.63) is 46.2 Å². The Kier molecular flexibility index (Phi) is 2.56. The molecule has 0 radical (unpaired) electrons. The topological polar surface area (TPSA) is 17.8 Å². The molecule has 0 saturated heterocycles. The highest BCUT2D eigenvalue weighted by Gasteiger charge is 2.19. The lowest BCUT2D eigenvalue weighted by molar-refractivity contribution is 0.653. The van der Waals surface area contributed by atoms with E-state index in [0.29, 0.717) is 0 Å². The van der Waals surface area contributed by atoms with Crippen LogP contribution in [0.15, 0.2) is 34.9 Å². The first-order chi connectivity index (χ1) is 7.86. The van der Waals surface area contributed by atoms with Crippen molar-refractivity contribution < 1.29 is 0 Å². The lowest BCUT2D eigenvalue weighted by atomic mass is 9.98. The number of hydrogen-bond acceptors (Lipinski definition) is 1. The molecule has 2 nitrogen and oxygen atoms in total. The van der Waals surface area contributed by atoms with E-state index in [9.17, 15) is 0 Å². The van der Waals surface area contributed by atoms with Gasteiger partial charge in [-0.15, -0.1) is 0 Å². The Morgan fingerprint density at radius 1 is 1.06 bits per heavy atom. The summed E-state index contributed by atoms with van der Waals surface area (Å²) in [6.45, 7) is 0. The van der Waals surface area contributed by atoms with Crippen molar-refractivity contribution in [2.24, 2.45) is 0 Å². The van der Waals surface area contributed by atoms with Crippen LogP contribution in [0.2, 0.25) is 0 Å². The normalized spacial score (nSPS) is 14.8. The maximum Gasteiger partial charge on any atom is 0.132 e. The first-order valence-electron chi connectivity index (χ1n) is 5.68. The Morgan fingerprint density at radius 3 is 2.62 bits per heavy atom. The molecule has 1 aliphatic carbocycles. The minimum Gasteiger partial charge on any atom is -0.236 e. The summed E-state index contributed by atoms with van der Waals surface area (Å²) in [6, 6.07) is 10.4. The van der Waals surface area contributed by atoms with Crippen molar-refractivity contribution >= 4 is 15.9 Å². The Labute approximate surface area is 103 Å². The lowest BCUT2D eigenvalue weighted by Gasteiger charge is -2.13. The minimum absolute atomic E-state index is 1.02. The molecule has 0 amide bonds. The molecular formula is C13H13BrN2. The van der Waals surface area contributed by atoms with Crippen LogP contribution in [0.5, 0.6) is 0 Å². The molecule has 0 saturated carbocycles. The predicted molar refractivity (Wildman–Crippen MR) is 67.9 cm³/mol. The van der Waals surface area contributed by atoms with Gasteiger partial charge in [-0.05, 0) is 53.7 Å². The monoisotopic (exact) mass is 276 g/mol. The molecule has 0 unspecified atom stereocenters. The highest BCUT2D eigenvalue weighted by molar-refractivity contribution is 9.10. The van der Waals surface area contributed by atoms with Gasteiger partial charge in [0, 0.05) is 11.3 Å². The molecule has 0 spiro atoms. The maximum atomic E-state index is 4.60.